The maximum atomic E-state index is 12.4. The second kappa shape index (κ2) is 4.62. The van der Waals surface area contributed by atoms with Crippen LogP contribution in [0.4, 0.5) is 13.2 Å². The number of aromatic nitrogens is 2. The standard InChI is InChI=1S/C11H9ClF3N3/c12-7-3-1-2-6(4-7)10(16)8-5-9(18-17-8)11(13,14)15/h1-5,10H,16H2,(H,17,18). The lowest BCUT2D eigenvalue weighted by Crippen LogP contribution is -2.12. The number of nitrogens with two attached hydrogens (primary N) is 1. The summed E-state index contributed by atoms with van der Waals surface area (Å²) in [6.45, 7) is 0. The van der Waals surface area contributed by atoms with E-state index in [1.165, 1.54) is 0 Å². The molecule has 0 spiro atoms. The summed E-state index contributed by atoms with van der Waals surface area (Å²) in [5.74, 6) is 0. The minimum Gasteiger partial charge on any atom is -0.319 e. The summed E-state index contributed by atoms with van der Waals surface area (Å²) >= 11 is 5.79. The molecule has 0 saturated heterocycles. The maximum absolute atomic E-state index is 12.4. The van der Waals surface area contributed by atoms with Gasteiger partial charge < -0.3 is 5.73 Å². The maximum Gasteiger partial charge on any atom is 0.435 e. The van der Waals surface area contributed by atoms with E-state index in [9.17, 15) is 13.2 Å². The predicted molar refractivity (Wildman–Crippen MR) is 61.1 cm³/mol. The Morgan fingerprint density at radius 3 is 2.56 bits per heavy atom. The van der Waals surface area contributed by atoms with Gasteiger partial charge in [-0.3, -0.25) is 5.10 Å². The van der Waals surface area contributed by atoms with Crippen molar-refractivity contribution in [2.24, 2.45) is 5.73 Å². The number of benzene rings is 1. The first kappa shape index (κ1) is 12.9. The Balaban J connectivity index is 2.29. The van der Waals surface area contributed by atoms with Crippen molar-refractivity contribution in [3.63, 3.8) is 0 Å². The Morgan fingerprint density at radius 2 is 2.00 bits per heavy atom. The van der Waals surface area contributed by atoms with Crippen LogP contribution >= 0.6 is 11.6 Å². The first-order valence-corrected chi connectivity index (χ1v) is 5.39. The van der Waals surface area contributed by atoms with Gasteiger partial charge in [0.2, 0.25) is 0 Å². The molecule has 1 unspecified atom stereocenters. The number of hydrogen-bond donors (Lipinski definition) is 2. The van der Waals surface area contributed by atoms with E-state index >= 15 is 0 Å². The van der Waals surface area contributed by atoms with Crippen molar-refractivity contribution in [1.82, 2.24) is 10.2 Å². The van der Waals surface area contributed by atoms with E-state index in [1.807, 2.05) is 0 Å². The lowest BCUT2D eigenvalue weighted by Gasteiger charge is -2.09. The molecular formula is C11H9ClF3N3. The van der Waals surface area contributed by atoms with Gasteiger partial charge in [-0.15, -0.1) is 0 Å². The van der Waals surface area contributed by atoms with Gasteiger partial charge in [0.15, 0.2) is 5.69 Å². The molecule has 18 heavy (non-hydrogen) atoms. The topological polar surface area (TPSA) is 54.7 Å². The summed E-state index contributed by atoms with van der Waals surface area (Å²) in [6, 6.07) is 6.79. The molecule has 7 heteroatoms. The molecule has 1 aromatic carbocycles. The van der Waals surface area contributed by atoms with Crippen molar-refractivity contribution in [3.8, 4) is 0 Å². The monoisotopic (exact) mass is 275 g/mol. The molecule has 0 radical (unpaired) electrons. The molecule has 0 bridgehead atoms. The van der Waals surface area contributed by atoms with Crippen molar-refractivity contribution in [1.29, 1.82) is 0 Å². The van der Waals surface area contributed by atoms with Crippen LogP contribution < -0.4 is 5.73 Å². The molecule has 0 fully saturated rings. The molecule has 1 aromatic heterocycles. The van der Waals surface area contributed by atoms with Crippen LogP contribution in [0.5, 0.6) is 0 Å². The van der Waals surface area contributed by atoms with Gasteiger partial charge in [0.05, 0.1) is 11.7 Å². The van der Waals surface area contributed by atoms with Crippen molar-refractivity contribution >= 4 is 11.6 Å². The molecule has 1 atom stereocenters. The quantitative estimate of drug-likeness (QED) is 0.885. The van der Waals surface area contributed by atoms with Gasteiger partial charge in [-0.05, 0) is 23.8 Å². The molecule has 96 valence electrons. The third kappa shape index (κ3) is 2.65. The van der Waals surface area contributed by atoms with E-state index in [1.54, 1.807) is 24.3 Å². The molecular weight excluding hydrogens is 267 g/mol. The lowest BCUT2D eigenvalue weighted by atomic mass is 10.0. The van der Waals surface area contributed by atoms with Crippen molar-refractivity contribution in [2.75, 3.05) is 0 Å². The van der Waals surface area contributed by atoms with Gasteiger partial charge in [-0.2, -0.15) is 18.3 Å². The van der Waals surface area contributed by atoms with Gasteiger partial charge in [0.25, 0.3) is 0 Å². The number of H-pyrrole nitrogens is 1. The zero-order valence-electron chi connectivity index (χ0n) is 9.00. The fourth-order valence-corrected chi connectivity index (χ4v) is 1.72. The van der Waals surface area contributed by atoms with Crippen molar-refractivity contribution < 1.29 is 13.2 Å². The second-order valence-corrected chi connectivity index (χ2v) is 4.18. The zero-order chi connectivity index (χ0) is 13.3. The van der Waals surface area contributed by atoms with Gasteiger partial charge in [0, 0.05) is 5.02 Å². The van der Waals surface area contributed by atoms with Crippen LogP contribution in [0, 0.1) is 0 Å². The molecule has 3 nitrogen and oxygen atoms in total. The summed E-state index contributed by atoms with van der Waals surface area (Å²) in [4.78, 5) is 0. The number of halogens is 4. The average Bonchev–Trinajstić information content (AvgIpc) is 2.77. The Hall–Kier alpha value is -1.53. The van der Waals surface area contributed by atoms with Gasteiger partial charge in [0.1, 0.15) is 0 Å². The minimum atomic E-state index is -4.48. The van der Waals surface area contributed by atoms with E-state index in [-0.39, 0.29) is 5.69 Å². The fourth-order valence-electron chi connectivity index (χ4n) is 1.52. The highest BCUT2D eigenvalue weighted by atomic mass is 35.5. The van der Waals surface area contributed by atoms with E-state index in [4.69, 9.17) is 17.3 Å². The first-order chi connectivity index (χ1) is 8.38. The summed E-state index contributed by atoms with van der Waals surface area (Å²) < 4.78 is 37.2. The number of nitrogens with zero attached hydrogens (tertiary/aromatic N) is 1. The fraction of sp³-hybridized carbons (Fsp3) is 0.182. The predicted octanol–water partition coefficient (Wildman–Crippen LogP) is 3.13. The third-order valence-corrected chi connectivity index (χ3v) is 2.67. The molecule has 2 aromatic rings. The van der Waals surface area contributed by atoms with E-state index in [2.05, 4.69) is 10.2 Å². The van der Waals surface area contributed by atoms with Crippen LogP contribution in [-0.2, 0) is 6.18 Å². The largest absolute Gasteiger partial charge is 0.435 e. The highest BCUT2D eigenvalue weighted by Crippen LogP contribution is 2.30. The van der Waals surface area contributed by atoms with E-state index < -0.39 is 17.9 Å². The molecule has 2 rings (SSSR count). The summed E-state index contributed by atoms with van der Waals surface area (Å²) in [6.07, 6.45) is -4.48. The van der Waals surface area contributed by atoms with E-state index in [0.717, 1.165) is 6.07 Å². The van der Waals surface area contributed by atoms with Gasteiger partial charge in [-0.25, -0.2) is 0 Å². The van der Waals surface area contributed by atoms with Crippen LogP contribution in [0.3, 0.4) is 0 Å². The van der Waals surface area contributed by atoms with Gasteiger partial charge >= 0.3 is 6.18 Å². The Kier molecular flexibility index (Phi) is 3.32. The summed E-state index contributed by atoms with van der Waals surface area (Å²) in [7, 11) is 0. The van der Waals surface area contributed by atoms with E-state index in [0.29, 0.717) is 10.6 Å². The molecule has 1 heterocycles. The Bertz CT molecular complexity index is 550. The number of rotatable bonds is 2. The van der Waals surface area contributed by atoms with Crippen LogP contribution in [0.1, 0.15) is 23.0 Å². The number of alkyl halides is 3. The molecule has 0 aliphatic carbocycles. The summed E-state index contributed by atoms with van der Waals surface area (Å²) in [5.41, 5.74) is 5.65. The van der Waals surface area contributed by atoms with Crippen LogP contribution in [0.15, 0.2) is 30.3 Å². The highest BCUT2D eigenvalue weighted by Gasteiger charge is 2.34. The van der Waals surface area contributed by atoms with Crippen LogP contribution in [0.2, 0.25) is 5.02 Å². The minimum absolute atomic E-state index is 0.185. The lowest BCUT2D eigenvalue weighted by molar-refractivity contribution is -0.141. The highest BCUT2D eigenvalue weighted by molar-refractivity contribution is 6.30. The average molecular weight is 276 g/mol. The number of nitrogens with one attached hydrogen (secondary N) is 1. The van der Waals surface area contributed by atoms with Crippen molar-refractivity contribution in [2.45, 2.75) is 12.2 Å². The van der Waals surface area contributed by atoms with Gasteiger partial charge in [-0.1, -0.05) is 23.7 Å². The smallest absolute Gasteiger partial charge is 0.319 e. The molecule has 0 aliphatic rings. The summed E-state index contributed by atoms with van der Waals surface area (Å²) in [5, 5.41) is 5.96. The number of aromatic amines is 1. The molecule has 0 saturated carbocycles. The SMILES string of the molecule is NC(c1cccc(Cl)c1)c1cc(C(F)(F)F)n[nH]1. The third-order valence-electron chi connectivity index (χ3n) is 2.43. The van der Waals surface area contributed by atoms with Crippen LogP contribution in [0.25, 0.3) is 0 Å². The normalized spacial score (nSPS) is 13.6. The molecule has 0 aliphatic heterocycles. The van der Waals surface area contributed by atoms with Crippen LogP contribution in [-0.4, -0.2) is 10.2 Å². The molecule has 3 N–H and O–H groups in total. The number of hydrogen-bond acceptors (Lipinski definition) is 2. The first-order valence-electron chi connectivity index (χ1n) is 5.01. The molecule has 0 amide bonds. The second-order valence-electron chi connectivity index (χ2n) is 3.74. The Labute approximate surface area is 106 Å². The van der Waals surface area contributed by atoms with Crippen molar-refractivity contribution in [3.05, 3.63) is 52.3 Å². The Morgan fingerprint density at radius 1 is 1.28 bits per heavy atom. The zero-order valence-corrected chi connectivity index (χ0v) is 9.76.